The Morgan fingerprint density at radius 2 is 1.95 bits per heavy atom. The number of benzene rings is 1. The Hall–Kier alpha value is -1.55. The van der Waals surface area contributed by atoms with Crippen LogP contribution in [0.4, 0.5) is 0 Å². The maximum atomic E-state index is 11.6. The van der Waals surface area contributed by atoms with Crippen LogP contribution in [0.3, 0.4) is 0 Å². The van der Waals surface area contributed by atoms with Crippen LogP contribution in [0.25, 0.3) is 0 Å². The number of ether oxygens (including phenoxy) is 3. The van der Waals surface area contributed by atoms with Gasteiger partial charge in [0.25, 0.3) is 0 Å². The van der Waals surface area contributed by atoms with Crippen LogP contribution >= 0.6 is 0 Å². The van der Waals surface area contributed by atoms with Gasteiger partial charge in [-0.25, -0.2) is 4.79 Å². The summed E-state index contributed by atoms with van der Waals surface area (Å²) >= 11 is 0. The van der Waals surface area contributed by atoms with Crippen molar-refractivity contribution in [2.75, 3.05) is 26.9 Å². The Bertz CT molecular complexity index is 484. The lowest BCUT2D eigenvalue weighted by Gasteiger charge is -2.29. The van der Waals surface area contributed by atoms with Crippen molar-refractivity contribution in [1.82, 2.24) is 0 Å². The molecule has 2 atom stereocenters. The summed E-state index contributed by atoms with van der Waals surface area (Å²) in [7, 11) is 1.57. The number of rotatable bonds is 6. The SMILES string of the molecule is COCCOC(=O)COc1cccc2c1CC(C)C(C)C2. The monoisotopic (exact) mass is 292 g/mol. The third kappa shape index (κ3) is 4.21. The van der Waals surface area contributed by atoms with Crippen molar-refractivity contribution >= 4 is 5.97 Å². The molecular formula is C17H24O4. The minimum absolute atomic E-state index is 0.0515. The minimum Gasteiger partial charge on any atom is -0.482 e. The van der Waals surface area contributed by atoms with Crippen molar-refractivity contribution in [3.63, 3.8) is 0 Å². The molecule has 1 aromatic rings. The number of hydrogen-bond acceptors (Lipinski definition) is 4. The van der Waals surface area contributed by atoms with E-state index in [-0.39, 0.29) is 19.2 Å². The van der Waals surface area contributed by atoms with Gasteiger partial charge in [-0.15, -0.1) is 0 Å². The molecule has 0 radical (unpaired) electrons. The summed E-state index contributed by atoms with van der Waals surface area (Å²) in [5.41, 5.74) is 2.58. The third-order valence-corrected chi connectivity index (χ3v) is 4.17. The second kappa shape index (κ2) is 7.46. The van der Waals surface area contributed by atoms with E-state index < -0.39 is 0 Å². The molecule has 4 nitrogen and oxygen atoms in total. The number of esters is 1. The predicted octanol–water partition coefficient (Wildman–Crippen LogP) is 2.63. The number of carbonyl (C=O) groups excluding carboxylic acids is 1. The molecule has 0 heterocycles. The molecule has 0 aromatic heterocycles. The molecule has 1 aliphatic carbocycles. The average molecular weight is 292 g/mol. The van der Waals surface area contributed by atoms with E-state index in [2.05, 4.69) is 19.9 Å². The minimum atomic E-state index is -0.359. The summed E-state index contributed by atoms with van der Waals surface area (Å²) in [5, 5.41) is 0. The first-order valence-electron chi connectivity index (χ1n) is 7.50. The van der Waals surface area contributed by atoms with Gasteiger partial charge in [-0.1, -0.05) is 26.0 Å². The highest BCUT2D eigenvalue weighted by Gasteiger charge is 2.24. The normalized spacial score (nSPS) is 20.7. The van der Waals surface area contributed by atoms with Crippen molar-refractivity contribution in [1.29, 1.82) is 0 Å². The lowest BCUT2D eigenvalue weighted by Crippen LogP contribution is -2.22. The largest absolute Gasteiger partial charge is 0.482 e. The van der Waals surface area contributed by atoms with Crippen LogP contribution < -0.4 is 4.74 Å². The Morgan fingerprint density at radius 1 is 1.19 bits per heavy atom. The van der Waals surface area contributed by atoms with E-state index >= 15 is 0 Å². The van der Waals surface area contributed by atoms with Crippen LogP contribution in [-0.2, 0) is 27.1 Å². The molecule has 0 spiro atoms. The number of carbonyl (C=O) groups is 1. The van der Waals surface area contributed by atoms with E-state index in [4.69, 9.17) is 14.2 Å². The molecule has 0 fully saturated rings. The van der Waals surface area contributed by atoms with Crippen LogP contribution in [0.2, 0.25) is 0 Å². The topological polar surface area (TPSA) is 44.8 Å². The molecule has 1 aromatic carbocycles. The molecule has 0 bridgehead atoms. The van der Waals surface area contributed by atoms with Crippen molar-refractivity contribution in [3.8, 4) is 5.75 Å². The molecule has 21 heavy (non-hydrogen) atoms. The van der Waals surface area contributed by atoms with Gasteiger partial charge in [0.1, 0.15) is 12.4 Å². The standard InChI is InChI=1S/C17H24O4/c1-12-9-14-5-4-6-16(15(14)10-13(12)2)21-11-17(18)20-8-7-19-3/h4-6,12-13H,7-11H2,1-3H3. The zero-order chi connectivity index (χ0) is 15.2. The molecule has 116 valence electrons. The summed E-state index contributed by atoms with van der Waals surface area (Å²) in [5.74, 6) is 1.78. The van der Waals surface area contributed by atoms with E-state index in [1.165, 1.54) is 11.1 Å². The van der Waals surface area contributed by atoms with Crippen LogP contribution in [0.1, 0.15) is 25.0 Å². The fraction of sp³-hybridized carbons (Fsp3) is 0.588. The molecule has 4 heteroatoms. The Morgan fingerprint density at radius 3 is 2.71 bits per heavy atom. The van der Waals surface area contributed by atoms with Crippen molar-refractivity contribution in [3.05, 3.63) is 29.3 Å². The second-order valence-corrected chi connectivity index (χ2v) is 5.76. The summed E-state index contributed by atoms with van der Waals surface area (Å²) in [6, 6.07) is 6.08. The van der Waals surface area contributed by atoms with Gasteiger partial charge in [-0.05, 0) is 41.9 Å². The van der Waals surface area contributed by atoms with Gasteiger partial charge < -0.3 is 14.2 Å². The number of fused-ring (bicyclic) bond motifs is 1. The Labute approximate surface area is 126 Å². The zero-order valence-electron chi connectivity index (χ0n) is 13.1. The van der Waals surface area contributed by atoms with E-state index in [1.807, 2.05) is 12.1 Å². The molecule has 0 N–H and O–H groups in total. The van der Waals surface area contributed by atoms with Crippen molar-refractivity contribution in [2.24, 2.45) is 11.8 Å². The highest BCUT2D eigenvalue weighted by atomic mass is 16.6. The Balaban J connectivity index is 1.95. The molecule has 0 aliphatic heterocycles. The number of methoxy groups -OCH3 is 1. The fourth-order valence-corrected chi connectivity index (χ4v) is 2.66. The molecule has 1 aliphatic rings. The maximum absolute atomic E-state index is 11.6. The predicted molar refractivity (Wildman–Crippen MR) is 80.5 cm³/mol. The molecule has 0 saturated carbocycles. The maximum Gasteiger partial charge on any atom is 0.344 e. The molecule has 0 amide bonds. The van der Waals surface area contributed by atoms with Crippen LogP contribution in [-0.4, -0.2) is 32.9 Å². The summed E-state index contributed by atoms with van der Waals surface area (Å²) in [6.07, 6.45) is 2.08. The molecule has 0 saturated heterocycles. The van der Waals surface area contributed by atoms with Crippen LogP contribution in [0.15, 0.2) is 18.2 Å². The summed E-state index contributed by atoms with van der Waals surface area (Å²) < 4.78 is 15.5. The zero-order valence-corrected chi connectivity index (χ0v) is 13.1. The van der Waals surface area contributed by atoms with E-state index in [1.54, 1.807) is 7.11 Å². The molecular weight excluding hydrogens is 268 g/mol. The van der Waals surface area contributed by atoms with Crippen LogP contribution in [0.5, 0.6) is 5.75 Å². The van der Waals surface area contributed by atoms with Crippen LogP contribution in [0, 0.1) is 11.8 Å². The molecule has 2 unspecified atom stereocenters. The van der Waals surface area contributed by atoms with Gasteiger partial charge >= 0.3 is 5.97 Å². The highest BCUT2D eigenvalue weighted by Crippen LogP contribution is 2.35. The first kappa shape index (κ1) is 15.8. The van der Waals surface area contributed by atoms with Gasteiger partial charge in [0, 0.05) is 7.11 Å². The second-order valence-electron chi connectivity index (χ2n) is 5.76. The van der Waals surface area contributed by atoms with Gasteiger partial charge in [-0.2, -0.15) is 0 Å². The summed E-state index contributed by atoms with van der Waals surface area (Å²) in [4.78, 5) is 11.6. The molecule has 2 rings (SSSR count). The van der Waals surface area contributed by atoms with Gasteiger partial charge in [0.05, 0.1) is 6.61 Å². The first-order chi connectivity index (χ1) is 10.1. The van der Waals surface area contributed by atoms with Crippen molar-refractivity contribution in [2.45, 2.75) is 26.7 Å². The van der Waals surface area contributed by atoms with E-state index in [9.17, 15) is 4.79 Å². The fourth-order valence-electron chi connectivity index (χ4n) is 2.66. The smallest absolute Gasteiger partial charge is 0.344 e. The van der Waals surface area contributed by atoms with Gasteiger partial charge in [-0.3, -0.25) is 0 Å². The van der Waals surface area contributed by atoms with Crippen molar-refractivity contribution < 1.29 is 19.0 Å². The first-order valence-corrected chi connectivity index (χ1v) is 7.50. The van der Waals surface area contributed by atoms with E-state index in [0.29, 0.717) is 18.4 Å². The average Bonchev–Trinajstić information content (AvgIpc) is 2.47. The lowest BCUT2D eigenvalue weighted by molar-refractivity contribution is -0.147. The Kier molecular flexibility index (Phi) is 5.62. The lowest BCUT2D eigenvalue weighted by atomic mass is 9.77. The van der Waals surface area contributed by atoms with Gasteiger partial charge in [0.15, 0.2) is 6.61 Å². The highest BCUT2D eigenvalue weighted by molar-refractivity contribution is 5.71. The quantitative estimate of drug-likeness (QED) is 0.597. The number of hydrogen-bond donors (Lipinski definition) is 0. The van der Waals surface area contributed by atoms with E-state index in [0.717, 1.165) is 18.6 Å². The van der Waals surface area contributed by atoms with Gasteiger partial charge in [0.2, 0.25) is 0 Å². The summed E-state index contributed by atoms with van der Waals surface area (Å²) in [6.45, 7) is 5.17. The third-order valence-electron chi connectivity index (χ3n) is 4.17.